The van der Waals surface area contributed by atoms with E-state index in [-0.39, 0.29) is 11.1 Å². The molecule has 2 rings (SSSR count). The summed E-state index contributed by atoms with van der Waals surface area (Å²) in [5.74, 6) is 0. The van der Waals surface area contributed by atoms with Crippen molar-refractivity contribution in [2.45, 2.75) is 58.2 Å². The summed E-state index contributed by atoms with van der Waals surface area (Å²) in [6, 6.07) is 11.0. The summed E-state index contributed by atoms with van der Waals surface area (Å²) in [6.07, 6.45) is 0. The van der Waals surface area contributed by atoms with Crippen LogP contribution in [0.15, 0.2) is 24.3 Å². The van der Waals surface area contributed by atoms with Crippen molar-refractivity contribution in [1.29, 1.82) is 5.26 Å². The highest BCUT2D eigenvalue weighted by molar-refractivity contribution is 5.44. The van der Waals surface area contributed by atoms with E-state index in [9.17, 15) is 5.26 Å². The zero-order chi connectivity index (χ0) is 13.8. The number of nitrogens with zero attached hydrogens (tertiary/aromatic N) is 2. The molecule has 0 N–H and O–H groups in total. The van der Waals surface area contributed by atoms with Gasteiger partial charge in [0, 0.05) is 11.1 Å². The van der Waals surface area contributed by atoms with Crippen molar-refractivity contribution in [3.05, 3.63) is 35.4 Å². The van der Waals surface area contributed by atoms with Gasteiger partial charge in [0.2, 0.25) is 0 Å². The van der Waals surface area contributed by atoms with Crippen molar-refractivity contribution in [2.75, 3.05) is 0 Å². The SMILES string of the molecule is CC(C)(C#N)N1C(C)(C)c2ccccc2C1(C)C. The third-order valence-corrected chi connectivity index (χ3v) is 4.20. The smallest absolute Gasteiger partial charge is 0.104 e. The Kier molecular flexibility index (Phi) is 2.61. The van der Waals surface area contributed by atoms with Gasteiger partial charge < -0.3 is 0 Å². The zero-order valence-corrected chi connectivity index (χ0v) is 12.2. The summed E-state index contributed by atoms with van der Waals surface area (Å²) in [5.41, 5.74) is 1.92. The van der Waals surface area contributed by atoms with Gasteiger partial charge >= 0.3 is 0 Å². The molecule has 2 nitrogen and oxygen atoms in total. The van der Waals surface area contributed by atoms with Crippen molar-refractivity contribution >= 4 is 0 Å². The van der Waals surface area contributed by atoms with Crippen LogP contribution in [0.5, 0.6) is 0 Å². The first-order chi connectivity index (χ1) is 8.15. The van der Waals surface area contributed by atoms with E-state index in [0.717, 1.165) is 0 Å². The molecule has 1 aliphatic rings. The summed E-state index contributed by atoms with van der Waals surface area (Å²) in [7, 11) is 0. The number of fused-ring (bicyclic) bond motifs is 1. The standard InChI is InChI=1S/C16H22N2/c1-14(2,11-17)18-15(3,4)12-9-7-8-10-13(12)16(18,5)6/h7-10H,1-6H3. The molecule has 0 atom stereocenters. The summed E-state index contributed by atoms with van der Waals surface area (Å²) in [4.78, 5) is 2.33. The van der Waals surface area contributed by atoms with Crippen molar-refractivity contribution in [2.24, 2.45) is 0 Å². The molecule has 0 unspecified atom stereocenters. The van der Waals surface area contributed by atoms with Gasteiger partial charge in [-0.3, -0.25) is 4.90 Å². The van der Waals surface area contributed by atoms with E-state index in [4.69, 9.17) is 0 Å². The van der Waals surface area contributed by atoms with E-state index in [1.54, 1.807) is 0 Å². The molecule has 1 aromatic carbocycles. The molecule has 0 saturated carbocycles. The summed E-state index contributed by atoms with van der Waals surface area (Å²) >= 11 is 0. The lowest BCUT2D eigenvalue weighted by atomic mass is 9.91. The van der Waals surface area contributed by atoms with Gasteiger partial charge in [0.05, 0.1) is 6.07 Å². The van der Waals surface area contributed by atoms with Gasteiger partial charge in [0.1, 0.15) is 5.54 Å². The maximum Gasteiger partial charge on any atom is 0.104 e. The Hall–Kier alpha value is -1.33. The Labute approximate surface area is 110 Å². The fourth-order valence-electron chi connectivity index (χ4n) is 3.94. The molecular formula is C16H22N2. The fourth-order valence-corrected chi connectivity index (χ4v) is 3.94. The highest BCUT2D eigenvalue weighted by Gasteiger charge is 2.54. The minimum Gasteiger partial charge on any atom is -0.267 e. The predicted molar refractivity (Wildman–Crippen MR) is 74.0 cm³/mol. The third-order valence-electron chi connectivity index (χ3n) is 4.20. The van der Waals surface area contributed by atoms with Crippen LogP contribution in [0.1, 0.15) is 52.7 Å². The molecule has 18 heavy (non-hydrogen) atoms. The van der Waals surface area contributed by atoms with Gasteiger partial charge in [0.25, 0.3) is 0 Å². The lowest BCUT2D eigenvalue weighted by Gasteiger charge is -2.48. The number of hydrogen-bond acceptors (Lipinski definition) is 2. The molecule has 0 fully saturated rings. The minimum atomic E-state index is -0.494. The average Bonchev–Trinajstić information content (AvgIpc) is 2.44. The van der Waals surface area contributed by atoms with Gasteiger partial charge in [-0.2, -0.15) is 5.26 Å². The van der Waals surface area contributed by atoms with Crippen molar-refractivity contribution in [1.82, 2.24) is 4.90 Å². The number of benzene rings is 1. The molecule has 0 aromatic heterocycles. The van der Waals surface area contributed by atoms with Crippen LogP contribution in [0.25, 0.3) is 0 Å². The average molecular weight is 242 g/mol. The molecule has 1 aromatic rings. The molecule has 96 valence electrons. The van der Waals surface area contributed by atoms with Crippen LogP contribution in [0.3, 0.4) is 0 Å². The summed E-state index contributed by atoms with van der Waals surface area (Å²) in [6.45, 7) is 12.8. The molecule has 0 saturated heterocycles. The number of rotatable bonds is 1. The van der Waals surface area contributed by atoms with Crippen LogP contribution >= 0.6 is 0 Å². The van der Waals surface area contributed by atoms with Gasteiger partial charge in [-0.25, -0.2) is 0 Å². The van der Waals surface area contributed by atoms with Crippen molar-refractivity contribution < 1.29 is 0 Å². The Balaban J connectivity index is 2.71. The van der Waals surface area contributed by atoms with E-state index in [1.165, 1.54) is 11.1 Å². The normalized spacial score (nSPS) is 21.4. The molecule has 0 amide bonds. The minimum absolute atomic E-state index is 0.126. The molecule has 0 radical (unpaired) electrons. The topological polar surface area (TPSA) is 27.0 Å². The lowest BCUT2D eigenvalue weighted by Crippen LogP contribution is -2.56. The van der Waals surface area contributed by atoms with E-state index in [1.807, 2.05) is 13.8 Å². The summed E-state index contributed by atoms with van der Waals surface area (Å²) < 4.78 is 0. The van der Waals surface area contributed by atoms with Crippen LogP contribution in [0, 0.1) is 11.3 Å². The first-order valence-electron chi connectivity index (χ1n) is 6.47. The molecule has 2 heteroatoms. The second-order valence-corrected chi connectivity index (χ2v) is 6.67. The predicted octanol–water partition coefficient (Wildman–Crippen LogP) is 3.77. The molecule has 1 heterocycles. The Morgan fingerprint density at radius 1 is 1.00 bits per heavy atom. The van der Waals surface area contributed by atoms with Crippen molar-refractivity contribution in [3.8, 4) is 6.07 Å². The molecule has 0 spiro atoms. The number of hydrogen-bond donors (Lipinski definition) is 0. The van der Waals surface area contributed by atoms with Gasteiger partial charge in [-0.05, 0) is 52.7 Å². The van der Waals surface area contributed by atoms with Gasteiger partial charge in [-0.15, -0.1) is 0 Å². The van der Waals surface area contributed by atoms with E-state index < -0.39 is 5.54 Å². The number of nitriles is 1. The van der Waals surface area contributed by atoms with E-state index >= 15 is 0 Å². The Morgan fingerprint density at radius 2 is 1.39 bits per heavy atom. The van der Waals surface area contributed by atoms with Crippen LogP contribution in [0.4, 0.5) is 0 Å². The van der Waals surface area contributed by atoms with Crippen molar-refractivity contribution in [3.63, 3.8) is 0 Å². The molecule has 1 aliphatic heterocycles. The quantitative estimate of drug-likeness (QED) is 0.749. The van der Waals surface area contributed by atoms with Gasteiger partial charge in [0.15, 0.2) is 0 Å². The largest absolute Gasteiger partial charge is 0.267 e. The van der Waals surface area contributed by atoms with Gasteiger partial charge in [-0.1, -0.05) is 24.3 Å². The van der Waals surface area contributed by atoms with E-state index in [2.05, 4.69) is 62.9 Å². The Bertz CT molecular complexity index is 483. The van der Waals surface area contributed by atoms with Crippen LogP contribution in [-0.4, -0.2) is 10.4 Å². The van der Waals surface area contributed by atoms with Crippen LogP contribution < -0.4 is 0 Å². The first kappa shape index (κ1) is 13.1. The van der Waals surface area contributed by atoms with Crippen LogP contribution in [-0.2, 0) is 11.1 Å². The molecule has 0 bridgehead atoms. The maximum atomic E-state index is 9.51. The second-order valence-electron chi connectivity index (χ2n) is 6.67. The van der Waals surface area contributed by atoms with E-state index in [0.29, 0.717) is 0 Å². The highest BCUT2D eigenvalue weighted by atomic mass is 15.3. The summed E-state index contributed by atoms with van der Waals surface area (Å²) in [5, 5.41) is 9.51. The molecule has 0 aliphatic carbocycles. The first-order valence-corrected chi connectivity index (χ1v) is 6.47. The lowest BCUT2D eigenvalue weighted by molar-refractivity contribution is -0.0235. The highest BCUT2D eigenvalue weighted by Crippen LogP contribution is 2.52. The third kappa shape index (κ3) is 1.51. The monoisotopic (exact) mass is 242 g/mol. The molecular weight excluding hydrogens is 220 g/mol. The van der Waals surface area contributed by atoms with Crippen LogP contribution in [0.2, 0.25) is 0 Å². The zero-order valence-electron chi connectivity index (χ0n) is 12.2. The fraction of sp³-hybridized carbons (Fsp3) is 0.562. The second kappa shape index (κ2) is 3.59. The maximum absolute atomic E-state index is 9.51. The Morgan fingerprint density at radius 3 is 1.72 bits per heavy atom.